The Balaban J connectivity index is 0.000000182. The molecule has 11 rings (SSSR count). The number of hydrogen-bond acceptors (Lipinski definition) is 14. The summed E-state index contributed by atoms with van der Waals surface area (Å²) >= 11 is 5.87. The number of aromatic nitrogens is 2. The van der Waals surface area contributed by atoms with Gasteiger partial charge in [-0.1, -0.05) is 80.9 Å². The third-order valence-corrected chi connectivity index (χ3v) is 17.9. The molecule has 4 amide bonds. The number of carbonyl (C=O) groups is 7. The number of aryl methyl sites for hydroxylation is 3. The fraction of sp³-hybridized carbons (Fsp3) is 0.347. The molecule has 2 aromatic heterocycles. The van der Waals surface area contributed by atoms with Crippen molar-refractivity contribution >= 4 is 93.2 Å². The number of anilines is 7. The average molecular weight is 1300 g/mol. The predicted molar refractivity (Wildman–Crippen MR) is 370 cm³/mol. The molecule has 7 aromatic rings. The van der Waals surface area contributed by atoms with Crippen LogP contribution in [0.15, 0.2) is 140 Å². The Kier molecular flexibility index (Phi) is 23.6. The number of hydrogen-bond donors (Lipinski definition) is 7. The quantitative estimate of drug-likeness (QED) is 0.0502. The molecule has 8 N–H and O–H groups in total. The van der Waals surface area contributed by atoms with Gasteiger partial charge in [0.05, 0.1) is 35.0 Å². The van der Waals surface area contributed by atoms with E-state index < -0.39 is 29.4 Å². The molecule has 94 heavy (non-hydrogen) atoms. The second kappa shape index (κ2) is 31.6. The Labute approximate surface area is 553 Å². The highest BCUT2D eigenvalue weighted by atomic mass is 35.5. The van der Waals surface area contributed by atoms with Crippen LogP contribution in [0.2, 0.25) is 5.02 Å². The van der Waals surface area contributed by atoms with Crippen LogP contribution in [0, 0.1) is 26.7 Å². The van der Waals surface area contributed by atoms with Crippen LogP contribution in [0.4, 0.5) is 40.1 Å². The number of rotatable bonds is 15. The van der Waals surface area contributed by atoms with E-state index in [1.165, 1.54) is 42.2 Å². The standard InChI is InChI=1S/C26H28N4O3.C25H29ClN4O4.C20H23N3O3.CH4/c1-17-7-6-9-21(13-17)30-12-11-29(16-19(30)3)24-23(26(32)33)14-20(15-27-24)28-25(31)22-10-5-4-8-18(22)2;26-18-6-4-17(5-7-18)22(31)28-21-9-8-19(16-20(21)23(32)33)29-14-10-25(11-15-29,24(27)34)30-12-2-1-3-13-30;1-13-6-5-9-23(12-13)18-17(20(25)26)10-15(11-21-18)22-19(24)16-8-4-3-7-14(16)2;/h4-10,13-15,19H,11-12,16H2,1-3H3,(H,28,31)(H,32,33);4-9,16H,1-3,10-15H2,(H2,27,34)(H,28,31)(H,32,33);3-4,7-8,10-11,13H,5-6,9,12H2,1-2H3,(H,22,24)(H,25,26);1H4. The molecular weight excluding hydrogens is 1210 g/mol. The van der Waals surface area contributed by atoms with Gasteiger partial charge in [0.2, 0.25) is 5.91 Å². The van der Waals surface area contributed by atoms with Crippen molar-refractivity contribution in [3.63, 3.8) is 0 Å². The van der Waals surface area contributed by atoms with Gasteiger partial charge in [0.1, 0.15) is 28.3 Å². The number of carboxylic acids is 3. The van der Waals surface area contributed by atoms with Gasteiger partial charge in [0, 0.05) is 84.9 Å². The highest BCUT2D eigenvalue weighted by molar-refractivity contribution is 6.30. The van der Waals surface area contributed by atoms with Crippen molar-refractivity contribution in [1.29, 1.82) is 0 Å². The lowest BCUT2D eigenvalue weighted by Gasteiger charge is -2.48. The van der Waals surface area contributed by atoms with E-state index in [2.05, 4.69) is 85.7 Å². The third kappa shape index (κ3) is 17.0. The fourth-order valence-electron chi connectivity index (χ4n) is 12.6. The molecule has 4 saturated heterocycles. The molecule has 0 spiro atoms. The molecule has 21 nitrogen and oxygen atoms in total. The van der Waals surface area contributed by atoms with Gasteiger partial charge in [-0.25, -0.2) is 24.4 Å². The average Bonchev–Trinajstić information content (AvgIpc) is 0.791. The van der Waals surface area contributed by atoms with Gasteiger partial charge >= 0.3 is 17.9 Å². The number of pyridine rings is 2. The molecule has 4 aliphatic rings. The number of carbonyl (C=O) groups excluding carboxylic acids is 4. The van der Waals surface area contributed by atoms with Crippen LogP contribution >= 0.6 is 11.6 Å². The van der Waals surface area contributed by atoms with Crippen LogP contribution in [0.25, 0.3) is 0 Å². The lowest BCUT2D eigenvalue weighted by Crippen LogP contribution is -2.63. The van der Waals surface area contributed by atoms with Gasteiger partial charge in [-0.05, 0) is 181 Å². The topological polar surface area (TPSA) is 284 Å². The number of nitrogens with one attached hydrogen (secondary N) is 3. The number of aromatic carboxylic acids is 3. The number of halogens is 1. The van der Waals surface area contributed by atoms with Crippen LogP contribution in [-0.4, -0.2) is 142 Å². The minimum atomic E-state index is -1.13. The van der Waals surface area contributed by atoms with E-state index in [1.807, 2.05) is 47.9 Å². The minimum Gasteiger partial charge on any atom is -0.478 e. The first kappa shape index (κ1) is 70.0. The van der Waals surface area contributed by atoms with Crippen molar-refractivity contribution in [1.82, 2.24) is 14.9 Å². The summed E-state index contributed by atoms with van der Waals surface area (Å²) in [5.74, 6) is -3.11. The van der Waals surface area contributed by atoms with Gasteiger partial charge in [-0.15, -0.1) is 0 Å². The molecular formula is C72H84ClN11O10. The minimum absolute atomic E-state index is 0. The van der Waals surface area contributed by atoms with Crippen LogP contribution in [0.1, 0.15) is 145 Å². The Hall–Kier alpha value is -9.86. The van der Waals surface area contributed by atoms with Crippen LogP contribution in [0.5, 0.6) is 0 Å². The predicted octanol–water partition coefficient (Wildman–Crippen LogP) is 12.2. The molecule has 2 atom stereocenters. The largest absolute Gasteiger partial charge is 0.478 e. The number of piperidine rings is 3. The zero-order chi connectivity index (χ0) is 66.5. The highest BCUT2D eigenvalue weighted by Crippen LogP contribution is 2.36. The molecule has 494 valence electrons. The number of benzene rings is 5. The molecule has 22 heteroatoms. The maximum atomic E-state index is 12.6. The molecule has 6 heterocycles. The van der Waals surface area contributed by atoms with Gasteiger partial charge in [-0.3, -0.25) is 24.1 Å². The van der Waals surface area contributed by atoms with Gasteiger partial charge in [0.25, 0.3) is 17.7 Å². The van der Waals surface area contributed by atoms with E-state index in [4.69, 9.17) is 17.3 Å². The second-order valence-corrected chi connectivity index (χ2v) is 24.7. The smallest absolute Gasteiger partial charge is 0.339 e. The van der Waals surface area contributed by atoms with Crippen LogP contribution in [-0.2, 0) is 4.79 Å². The van der Waals surface area contributed by atoms with Crippen molar-refractivity contribution < 1.29 is 48.9 Å². The first-order valence-corrected chi connectivity index (χ1v) is 31.7. The van der Waals surface area contributed by atoms with Crippen molar-refractivity contribution in [3.8, 4) is 0 Å². The maximum absolute atomic E-state index is 12.6. The van der Waals surface area contributed by atoms with E-state index >= 15 is 0 Å². The Morgan fingerprint density at radius 2 is 1.09 bits per heavy atom. The molecule has 2 unspecified atom stereocenters. The summed E-state index contributed by atoms with van der Waals surface area (Å²) in [6.45, 7) is 16.7. The molecule has 4 fully saturated rings. The van der Waals surface area contributed by atoms with Gasteiger partial charge in [-0.2, -0.15) is 0 Å². The Morgan fingerprint density at radius 1 is 0.532 bits per heavy atom. The maximum Gasteiger partial charge on any atom is 0.339 e. The monoisotopic (exact) mass is 1300 g/mol. The first-order chi connectivity index (χ1) is 44.6. The van der Waals surface area contributed by atoms with Crippen molar-refractivity contribution in [2.75, 3.05) is 94.5 Å². The van der Waals surface area contributed by atoms with E-state index in [1.54, 1.807) is 66.7 Å². The number of nitrogens with two attached hydrogens (primary N) is 1. The fourth-order valence-corrected chi connectivity index (χ4v) is 12.8. The summed E-state index contributed by atoms with van der Waals surface area (Å²) in [6.07, 6.45) is 9.73. The SMILES string of the molecule is C.Cc1cccc(N2CCN(c3ncc(NC(=O)c4ccccc4C)cc3C(=O)O)CC2C)c1.Cc1ccccc1C(=O)Nc1cnc(N2CCCC(C)C2)c(C(=O)O)c1.NC(=O)C1(N2CCCCC2)CCN(c2ccc(NC(=O)c3ccc(Cl)cc3)c(C(=O)O)c2)CC1. The van der Waals surface area contributed by atoms with Crippen molar-refractivity contribution in [2.24, 2.45) is 11.7 Å². The molecule has 0 saturated carbocycles. The summed E-state index contributed by atoms with van der Waals surface area (Å²) in [5.41, 5.74) is 12.7. The zero-order valence-corrected chi connectivity index (χ0v) is 53.8. The van der Waals surface area contributed by atoms with E-state index in [-0.39, 0.29) is 53.6 Å². The Morgan fingerprint density at radius 3 is 1.60 bits per heavy atom. The number of carboxylic acid groups (broad SMARTS) is 3. The summed E-state index contributed by atoms with van der Waals surface area (Å²) in [7, 11) is 0. The molecule has 0 radical (unpaired) electrons. The molecule has 5 aromatic carbocycles. The highest BCUT2D eigenvalue weighted by Gasteiger charge is 2.45. The Bertz CT molecular complexity index is 3890. The zero-order valence-electron chi connectivity index (χ0n) is 53.0. The molecule has 0 bridgehead atoms. The normalized spacial score (nSPS) is 16.9. The molecule has 4 aliphatic heterocycles. The van der Waals surface area contributed by atoms with Gasteiger partial charge < -0.3 is 56.6 Å². The number of amides is 4. The lowest BCUT2D eigenvalue weighted by atomic mass is 9.83. The number of likely N-dealkylation sites (tertiary alicyclic amines) is 1. The van der Waals surface area contributed by atoms with Crippen LogP contribution in [0.3, 0.4) is 0 Å². The number of piperazine rings is 1. The molecule has 0 aliphatic carbocycles. The number of nitrogens with zero attached hydrogens (tertiary/aromatic N) is 7. The summed E-state index contributed by atoms with van der Waals surface area (Å²) in [6, 6.07) is 37.4. The first-order valence-electron chi connectivity index (χ1n) is 31.4. The van der Waals surface area contributed by atoms with Crippen molar-refractivity contribution in [3.05, 3.63) is 195 Å². The lowest BCUT2D eigenvalue weighted by molar-refractivity contribution is -0.132. The van der Waals surface area contributed by atoms with Gasteiger partial charge in [0.15, 0.2) is 0 Å². The third-order valence-electron chi connectivity index (χ3n) is 17.7. The summed E-state index contributed by atoms with van der Waals surface area (Å²) in [5, 5.41) is 37.9. The summed E-state index contributed by atoms with van der Waals surface area (Å²) in [4.78, 5) is 105. The summed E-state index contributed by atoms with van der Waals surface area (Å²) < 4.78 is 0. The van der Waals surface area contributed by atoms with E-state index in [0.717, 1.165) is 75.2 Å². The number of primary amides is 1. The van der Waals surface area contributed by atoms with E-state index in [0.29, 0.717) is 89.7 Å². The van der Waals surface area contributed by atoms with E-state index in [9.17, 15) is 48.9 Å². The van der Waals surface area contributed by atoms with Crippen LogP contribution < -0.4 is 41.3 Å². The second-order valence-electron chi connectivity index (χ2n) is 24.3. The van der Waals surface area contributed by atoms with Crippen molar-refractivity contribution in [2.45, 2.75) is 98.6 Å².